The Kier molecular flexibility index (Phi) is 10.4. The first kappa shape index (κ1) is 28.9. The van der Waals surface area contributed by atoms with Gasteiger partial charge in [-0.05, 0) is 48.9 Å². The summed E-state index contributed by atoms with van der Waals surface area (Å²) in [5, 5.41) is 9.27. The van der Waals surface area contributed by atoms with E-state index in [0.717, 1.165) is 52.8 Å². The van der Waals surface area contributed by atoms with Crippen molar-refractivity contribution in [3.8, 4) is 0 Å². The molecule has 37 heavy (non-hydrogen) atoms. The standard InChI is InChI=1S/C31H50N6/c1-9-13-15-24(11-3)21-36(22-25(12-4)16-14-10-2)27-19-17-26(18-20-27)32-28-23(5)34-37-29(28)33-30(35-37)31(6,7)8/h17-20,24-25,34H,5,9-16,21-22H2,1-4,6-8H3. The number of nitrogens with one attached hydrogen (secondary N) is 1. The quantitative estimate of drug-likeness (QED) is 0.257. The molecule has 2 unspecified atom stereocenters. The van der Waals surface area contributed by atoms with E-state index in [-0.39, 0.29) is 5.41 Å². The number of hydrogen-bond acceptors (Lipinski definition) is 4. The number of hydrogen-bond donors (Lipinski definition) is 1. The van der Waals surface area contributed by atoms with Crippen LogP contribution >= 0.6 is 0 Å². The van der Waals surface area contributed by atoms with E-state index in [1.165, 1.54) is 57.1 Å². The molecule has 6 heteroatoms. The summed E-state index contributed by atoms with van der Waals surface area (Å²) in [7, 11) is 0. The topological polar surface area (TPSA) is 61.6 Å². The molecule has 0 aliphatic heterocycles. The van der Waals surface area contributed by atoms with Gasteiger partial charge in [-0.2, -0.15) is 4.63 Å². The summed E-state index contributed by atoms with van der Waals surface area (Å²) in [6.07, 6.45) is 10.3. The SMILES string of the molecule is C=c1[nH]n2nc(C(C)(C)C)nc2c1=Nc1ccc(N(CC(CC)CCCC)CC(CC)CCCC)cc1. The molecule has 2 heterocycles. The fourth-order valence-electron chi connectivity index (χ4n) is 4.90. The third-order valence-corrected chi connectivity index (χ3v) is 7.52. The van der Waals surface area contributed by atoms with E-state index in [9.17, 15) is 0 Å². The number of rotatable bonds is 14. The highest BCUT2D eigenvalue weighted by molar-refractivity contribution is 5.53. The van der Waals surface area contributed by atoms with Crippen LogP contribution in [0.15, 0.2) is 29.3 Å². The molecule has 0 bridgehead atoms. The predicted molar refractivity (Wildman–Crippen MR) is 157 cm³/mol. The average molecular weight is 507 g/mol. The zero-order valence-electron chi connectivity index (χ0n) is 24.5. The molecule has 1 aromatic carbocycles. The van der Waals surface area contributed by atoms with E-state index >= 15 is 0 Å². The highest BCUT2D eigenvalue weighted by Crippen LogP contribution is 2.26. The number of aromatic nitrogens is 4. The summed E-state index contributed by atoms with van der Waals surface area (Å²) in [5.74, 6) is 2.27. The van der Waals surface area contributed by atoms with Gasteiger partial charge in [0.25, 0.3) is 0 Å². The predicted octanol–water partition coefficient (Wildman–Crippen LogP) is 6.96. The number of nitrogens with zero attached hydrogens (tertiary/aromatic N) is 5. The summed E-state index contributed by atoms with van der Waals surface area (Å²) in [6.45, 7) is 22.0. The number of benzene rings is 1. The minimum absolute atomic E-state index is 0.127. The fourth-order valence-corrected chi connectivity index (χ4v) is 4.90. The first-order valence-corrected chi connectivity index (χ1v) is 14.6. The van der Waals surface area contributed by atoms with Crippen molar-refractivity contribution in [2.24, 2.45) is 16.8 Å². The molecule has 6 nitrogen and oxygen atoms in total. The molecule has 3 aromatic rings. The maximum Gasteiger partial charge on any atom is 0.202 e. The van der Waals surface area contributed by atoms with Gasteiger partial charge in [0.05, 0.1) is 11.0 Å². The lowest BCUT2D eigenvalue weighted by Crippen LogP contribution is -2.34. The molecule has 0 aliphatic carbocycles. The molecular formula is C31H50N6. The normalized spacial score (nSPS) is 14.4. The zero-order chi connectivity index (χ0) is 27.0. The molecule has 0 amide bonds. The molecule has 1 N–H and O–H groups in total. The summed E-state index contributed by atoms with van der Waals surface area (Å²) >= 11 is 0. The van der Waals surface area contributed by atoms with Gasteiger partial charge < -0.3 is 4.90 Å². The van der Waals surface area contributed by atoms with Crippen LogP contribution in [0.2, 0.25) is 0 Å². The first-order chi connectivity index (χ1) is 17.7. The molecule has 2 aromatic heterocycles. The van der Waals surface area contributed by atoms with E-state index in [1.54, 1.807) is 4.63 Å². The van der Waals surface area contributed by atoms with Gasteiger partial charge in [-0.15, -0.1) is 5.10 Å². The van der Waals surface area contributed by atoms with Crippen LogP contribution in [0.4, 0.5) is 11.4 Å². The lowest BCUT2D eigenvalue weighted by molar-refractivity contribution is 0.403. The van der Waals surface area contributed by atoms with Gasteiger partial charge in [-0.3, -0.25) is 5.10 Å². The van der Waals surface area contributed by atoms with Crippen LogP contribution in [0.25, 0.3) is 12.2 Å². The van der Waals surface area contributed by atoms with Gasteiger partial charge >= 0.3 is 0 Å². The second-order valence-electron chi connectivity index (χ2n) is 11.7. The minimum Gasteiger partial charge on any atom is -0.371 e. The van der Waals surface area contributed by atoms with Gasteiger partial charge in [0, 0.05) is 24.2 Å². The second-order valence-corrected chi connectivity index (χ2v) is 11.7. The zero-order valence-corrected chi connectivity index (χ0v) is 24.5. The van der Waals surface area contributed by atoms with Crippen molar-refractivity contribution in [2.45, 2.75) is 105 Å². The van der Waals surface area contributed by atoms with Crippen LogP contribution in [-0.2, 0) is 5.41 Å². The molecular weight excluding hydrogens is 456 g/mol. The van der Waals surface area contributed by atoms with Crippen molar-refractivity contribution in [1.29, 1.82) is 0 Å². The lowest BCUT2D eigenvalue weighted by atomic mass is 9.95. The highest BCUT2D eigenvalue weighted by atomic mass is 15.5. The molecule has 3 rings (SSSR count). The van der Waals surface area contributed by atoms with E-state index in [0.29, 0.717) is 0 Å². The second kappa shape index (κ2) is 13.3. The summed E-state index contributed by atoms with van der Waals surface area (Å²) in [5.41, 5.74) is 2.81. The monoisotopic (exact) mass is 506 g/mol. The Morgan fingerprint density at radius 3 is 2.00 bits per heavy atom. The Morgan fingerprint density at radius 2 is 1.51 bits per heavy atom. The van der Waals surface area contributed by atoms with E-state index in [4.69, 9.17) is 9.98 Å². The highest BCUT2D eigenvalue weighted by Gasteiger charge is 2.21. The van der Waals surface area contributed by atoms with Crippen LogP contribution in [0.3, 0.4) is 0 Å². The number of anilines is 1. The van der Waals surface area contributed by atoms with Crippen molar-refractivity contribution in [2.75, 3.05) is 18.0 Å². The molecule has 0 radical (unpaired) electrons. The average Bonchev–Trinajstić information content (AvgIpc) is 3.42. The van der Waals surface area contributed by atoms with Crippen molar-refractivity contribution >= 4 is 23.6 Å². The van der Waals surface area contributed by atoms with E-state index in [2.05, 4.69) is 94.4 Å². The van der Waals surface area contributed by atoms with Gasteiger partial charge in [0.2, 0.25) is 5.65 Å². The van der Waals surface area contributed by atoms with Crippen LogP contribution in [0, 0.1) is 11.8 Å². The Labute approximate surface area is 224 Å². The van der Waals surface area contributed by atoms with Gasteiger partial charge in [0.1, 0.15) is 5.36 Å². The maximum absolute atomic E-state index is 4.92. The Bertz CT molecular complexity index is 1180. The summed E-state index contributed by atoms with van der Waals surface area (Å²) in [6, 6.07) is 8.75. The van der Waals surface area contributed by atoms with Crippen molar-refractivity contribution in [3.05, 3.63) is 40.8 Å². The summed E-state index contributed by atoms with van der Waals surface area (Å²) < 4.78 is 1.69. The molecule has 0 spiro atoms. The Balaban J connectivity index is 1.89. The molecule has 0 saturated carbocycles. The van der Waals surface area contributed by atoms with Crippen LogP contribution in [0.1, 0.15) is 106 Å². The van der Waals surface area contributed by atoms with Gasteiger partial charge in [-0.1, -0.05) is 93.6 Å². The van der Waals surface area contributed by atoms with E-state index in [1.807, 2.05) is 0 Å². The summed E-state index contributed by atoms with van der Waals surface area (Å²) in [4.78, 5) is 12.3. The van der Waals surface area contributed by atoms with Crippen molar-refractivity contribution < 1.29 is 0 Å². The Morgan fingerprint density at radius 1 is 0.946 bits per heavy atom. The largest absolute Gasteiger partial charge is 0.371 e. The molecule has 2 atom stereocenters. The minimum atomic E-state index is -0.127. The number of H-pyrrole nitrogens is 1. The van der Waals surface area contributed by atoms with Crippen LogP contribution in [-0.4, -0.2) is 32.9 Å². The molecule has 0 fully saturated rings. The first-order valence-electron chi connectivity index (χ1n) is 14.6. The smallest absolute Gasteiger partial charge is 0.202 e. The maximum atomic E-state index is 4.92. The molecule has 204 valence electrons. The number of unbranched alkanes of at least 4 members (excludes halogenated alkanes) is 2. The van der Waals surface area contributed by atoms with Crippen molar-refractivity contribution in [1.82, 2.24) is 19.8 Å². The Hall–Kier alpha value is -2.63. The fraction of sp³-hybridized carbons (Fsp3) is 0.645. The number of fused-ring (bicyclic) bond motifs is 1. The van der Waals surface area contributed by atoms with Gasteiger partial charge in [-0.25, -0.2) is 9.98 Å². The van der Waals surface area contributed by atoms with Crippen LogP contribution in [0.5, 0.6) is 0 Å². The molecule has 0 aliphatic rings. The van der Waals surface area contributed by atoms with E-state index < -0.39 is 0 Å². The third-order valence-electron chi connectivity index (χ3n) is 7.52. The van der Waals surface area contributed by atoms with Gasteiger partial charge in [0.15, 0.2) is 5.82 Å². The van der Waals surface area contributed by atoms with Crippen LogP contribution < -0.4 is 15.6 Å². The third kappa shape index (κ3) is 7.68. The number of aromatic amines is 1. The van der Waals surface area contributed by atoms with Crippen molar-refractivity contribution in [3.63, 3.8) is 0 Å². The lowest BCUT2D eigenvalue weighted by Gasteiger charge is -2.32. The molecule has 0 saturated heterocycles.